The van der Waals surface area contributed by atoms with Gasteiger partial charge in [-0.05, 0) is 72.5 Å². The average molecular weight is 525 g/mol. The number of nitrogens with zero attached hydrogens (tertiary/aromatic N) is 3. The average Bonchev–Trinajstić information content (AvgIpc) is 3.38. The van der Waals surface area contributed by atoms with Crippen molar-refractivity contribution < 1.29 is 19.1 Å². The maximum Gasteiger partial charge on any atom is 0.258 e. The predicted molar refractivity (Wildman–Crippen MR) is 150 cm³/mol. The molecule has 3 amide bonds. The fourth-order valence-electron chi connectivity index (χ4n) is 4.97. The minimum absolute atomic E-state index is 0.00331. The maximum absolute atomic E-state index is 13.0. The molecular weight excluding hydrogens is 492 g/mol. The molecule has 8 heteroatoms. The summed E-state index contributed by atoms with van der Waals surface area (Å²) in [6.07, 6.45) is 1.88. The van der Waals surface area contributed by atoms with Crippen LogP contribution in [0.3, 0.4) is 0 Å². The van der Waals surface area contributed by atoms with Gasteiger partial charge in [-0.25, -0.2) is 5.01 Å². The molecule has 0 spiro atoms. The molecule has 3 aromatic carbocycles. The van der Waals surface area contributed by atoms with Crippen molar-refractivity contribution in [2.45, 2.75) is 39.2 Å². The Kier molecular flexibility index (Phi) is 7.72. The van der Waals surface area contributed by atoms with E-state index in [1.807, 2.05) is 72.5 Å². The van der Waals surface area contributed by atoms with Crippen LogP contribution in [-0.4, -0.2) is 48.6 Å². The first-order chi connectivity index (χ1) is 18.9. The van der Waals surface area contributed by atoms with E-state index in [0.29, 0.717) is 31.5 Å². The number of methoxy groups -OCH3 is 1. The number of hydrazone groups is 1. The molecule has 0 saturated heterocycles. The molecule has 8 nitrogen and oxygen atoms in total. The number of aryl methyl sites for hydroxylation is 1. The zero-order valence-corrected chi connectivity index (χ0v) is 22.3. The second-order valence-electron chi connectivity index (χ2n) is 9.86. The highest BCUT2D eigenvalue weighted by Gasteiger charge is 2.26. The van der Waals surface area contributed by atoms with Crippen LogP contribution in [0.15, 0.2) is 71.8 Å². The third-order valence-corrected chi connectivity index (χ3v) is 7.12. The van der Waals surface area contributed by atoms with Crippen LogP contribution in [0.1, 0.15) is 51.9 Å². The lowest BCUT2D eigenvalue weighted by Gasteiger charge is -2.23. The molecule has 2 aliphatic heterocycles. The number of fused-ring (bicyclic) bond motifs is 1. The molecule has 5 rings (SSSR count). The quantitative estimate of drug-likeness (QED) is 0.477. The minimum Gasteiger partial charge on any atom is -0.497 e. The van der Waals surface area contributed by atoms with E-state index in [0.717, 1.165) is 45.8 Å². The summed E-state index contributed by atoms with van der Waals surface area (Å²) < 4.78 is 5.21. The summed E-state index contributed by atoms with van der Waals surface area (Å²) in [5.41, 5.74) is 6.50. The number of rotatable bonds is 8. The van der Waals surface area contributed by atoms with Crippen LogP contribution in [-0.2, 0) is 22.6 Å². The first-order valence-electron chi connectivity index (χ1n) is 13.2. The number of hydrogen-bond acceptors (Lipinski definition) is 5. The van der Waals surface area contributed by atoms with Crippen molar-refractivity contribution in [3.05, 3.63) is 94.5 Å². The highest BCUT2D eigenvalue weighted by atomic mass is 16.5. The van der Waals surface area contributed by atoms with Gasteiger partial charge in [-0.2, -0.15) is 5.10 Å². The van der Waals surface area contributed by atoms with E-state index in [9.17, 15) is 14.4 Å². The van der Waals surface area contributed by atoms with E-state index in [4.69, 9.17) is 4.74 Å². The highest BCUT2D eigenvalue weighted by molar-refractivity contribution is 6.07. The molecule has 0 saturated carbocycles. The number of anilines is 1. The van der Waals surface area contributed by atoms with Gasteiger partial charge in [0.05, 0.1) is 19.4 Å². The van der Waals surface area contributed by atoms with Crippen LogP contribution >= 0.6 is 0 Å². The largest absolute Gasteiger partial charge is 0.497 e. The summed E-state index contributed by atoms with van der Waals surface area (Å²) >= 11 is 0. The summed E-state index contributed by atoms with van der Waals surface area (Å²) in [5, 5.41) is 8.86. The van der Waals surface area contributed by atoms with Crippen LogP contribution in [0.4, 0.5) is 5.69 Å². The molecule has 0 atom stereocenters. The lowest BCUT2D eigenvalue weighted by Crippen LogP contribution is -2.35. The van der Waals surface area contributed by atoms with Crippen molar-refractivity contribution in [3.63, 3.8) is 0 Å². The van der Waals surface area contributed by atoms with Gasteiger partial charge < -0.3 is 15.0 Å². The Balaban J connectivity index is 1.15. The number of carbonyl (C=O) groups is 3. The fourth-order valence-corrected chi connectivity index (χ4v) is 4.97. The van der Waals surface area contributed by atoms with E-state index >= 15 is 0 Å². The fraction of sp³-hybridized carbons (Fsp3) is 0.290. The highest BCUT2D eigenvalue weighted by Crippen LogP contribution is 2.30. The number of nitrogens with one attached hydrogen (secondary N) is 1. The van der Waals surface area contributed by atoms with Gasteiger partial charge in [0.25, 0.3) is 5.91 Å². The van der Waals surface area contributed by atoms with Crippen LogP contribution in [0.5, 0.6) is 5.75 Å². The van der Waals surface area contributed by atoms with Gasteiger partial charge in [-0.15, -0.1) is 0 Å². The smallest absolute Gasteiger partial charge is 0.258 e. The van der Waals surface area contributed by atoms with E-state index in [2.05, 4.69) is 16.5 Å². The number of benzene rings is 3. The van der Waals surface area contributed by atoms with Crippen molar-refractivity contribution >= 4 is 29.1 Å². The molecule has 0 fully saturated rings. The van der Waals surface area contributed by atoms with E-state index in [1.54, 1.807) is 7.11 Å². The van der Waals surface area contributed by atoms with Gasteiger partial charge in [-0.3, -0.25) is 14.4 Å². The number of carbonyl (C=O) groups excluding carboxylic acids is 3. The topological polar surface area (TPSA) is 91.3 Å². The molecule has 0 unspecified atom stereocenters. The van der Waals surface area contributed by atoms with Gasteiger partial charge in [-0.1, -0.05) is 29.8 Å². The lowest BCUT2D eigenvalue weighted by molar-refractivity contribution is -0.132. The summed E-state index contributed by atoms with van der Waals surface area (Å²) in [7, 11) is 1.62. The Labute approximate surface area is 228 Å². The normalized spacial score (nSPS) is 14.6. The molecule has 2 aliphatic rings. The molecule has 3 aromatic rings. The SMILES string of the molecule is COc1ccc(C2=NN(CCC(=O)NCc3ccc4c(c3)CCN4C(=O)c3cccc(C)c3)C(=O)CC2)cc1. The Bertz CT molecular complexity index is 1430. The third kappa shape index (κ3) is 6.00. The number of ether oxygens (including phenoxy) is 1. The Hall–Kier alpha value is -4.46. The summed E-state index contributed by atoms with van der Waals surface area (Å²) in [5.74, 6) is 0.537. The molecule has 200 valence electrons. The molecule has 0 aliphatic carbocycles. The summed E-state index contributed by atoms with van der Waals surface area (Å²) in [4.78, 5) is 39.8. The van der Waals surface area contributed by atoms with Crippen molar-refractivity contribution in [3.8, 4) is 5.75 Å². The third-order valence-electron chi connectivity index (χ3n) is 7.12. The van der Waals surface area contributed by atoms with Gasteiger partial charge in [0, 0.05) is 43.6 Å². The van der Waals surface area contributed by atoms with Crippen LogP contribution < -0.4 is 15.0 Å². The maximum atomic E-state index is 13.0. The van der Waals surface area contributed by atoms with E-state index in [1.165, 1.54) is 5.01 Å². The van der Waals surface area contributed by atoms with E-state index in [-0.39, 0.29) is 30.7 Å². The Morgan fingerprint density at radius 2 is 1.82 bits per heavy atom. The molecule has 1 N–H and O–H groups in total. The second kappa shape index (κ2) is 11.5. The van der Waals surface area contributed by atoms with Crippen LogP contribution in [0, 0.1) is 6.92 Å². The number of hydrogen-bond donors (Lipinski definition) is 1. The molecule has 0 aromatic heterocycles. The Morgan fingerprint density at radius 3 is 2.59 bits per heavy atom. The predicted octanol–water partition coefficient (Wildman–Crippen LogP) is 4.24. The van der Waals surface area contributed by atoms with Gasteiger partial charge in [0.2, 0.25) is 11.8 Å². The van der Waals surface area contributed by atoms with E-state index < -0.39 is 0 Å². The van der Waals surface area contributed by atoms with Gasteiger partial charge in [0.15, 0.2) is 0 Å². The van der Waals surface area contributed by atoms with Crippen molar-refractivity contribution in [2.75, 3.05) is 25.1 Å². The van der Waals surface area contributed by atoms with Gasteiger partial charge in [0.1, 0.15) is 5.75 Å². The standard InChI is InChI=1S/C31H32N4O4/c1-21-4-3-5-25(18-21)31(38)34-16-14-24-19-22(6-12-28(24)34)20-32-29(36)15-17-35-30(37)13-11-27(33-35)23-7-9-26(39-2)10-8-23/h3-10,12,18-19H,11,13-17,20H2,1-2H3,(H,32,36). The lowest BCUT2D eigenvalue weighted by atomic mass is 10.0. The van der Waals surface area contributed by atoms with Crippen molar-refractivity contribution in [2.24, 2.45) is 5.10 Å². The first-order valence-corrected chi connectivity index (χ1v) is 13.2. The van der Waals surface area contributed by atoms with Crippen molar-refractivity contribution in [1.82, 2.24) is 10.3 Å². The molecule has 39 heavy (non-hydrogen) atoms. The summed E-state index contributed by atoms with van der Waals surface area (Å²) in [6, 6.07) is 21.2. The molecule has 0 bridgehead atoms. The Morgan fingerprint density at radius 1 is 1.00 bits per heavy atom. The van der Waals surface area contributed by atoms with Crippen molar-refractivity contribution in [1.29, 1.82) is 0 Å². The van der Waals surface area contributed by atoms with Crippen LogP contribution in [0.25, 0.3) is 0 Å². The molecule has 2 heterocycles. The van der Waals surface area contributed by atoms with Gasteiger partial charge >= 0.3 is 0 Å². The van der Waals surface area contributed by atoms with Crippen LogP contribution in [0.2, 0.25) is 0 Å². The first kappa shape index (κ1) is 26.2. The second-order valence-corrected chi connectivity index (χ2v) is 9.86. The zero-order valence-electron chi connectivity index (χ0n) is 22.3. The zero-order chi connectivity index (χ0) is 27.4. The number of amides is 3. The summed E-state index contributed by atoms with van der Waals surface area (Å²) in [6.45, 7) is 3.23. The monoisotopic (exact) mass is 524 g/mol. The molecular formula is C31H32N4O4. The minimum atomic E-state index is -0.147. The molecule has 0 radical (unpaired) electrons.